The minimum atomic E-state index is 0.542. The summed E-state index contributed by atoms with van der Waals surface area (Å²) in [4.78, 5) is 0. The van der Waals surface area contributed by atoms with Crippen LogP contribution in [-0.4, -0.2) is 6.54 Å². The summed E-state index contributed by atoms with van der Waals surface area (Å²) < 4.78 is 0. The first-order valence-corrected chi connectivity index (χ1v) is 6.50. The van der Waals surface area contributed by atoms with Crippen LogP contribution in [-0.2, 0) is 6.42 Å². The Balaban J connectivity index is 2.66. The Morgan fingerprint density at radius 1 is 1.31 bits per heavy atom. The van der Waals surface area contributed by atoms with E-state index in [2.05, 4.69) is 19.9 Å². The maximum absolute atomic E-state index is 6.17. The van der Waals surface area contributed by atoms with E-state index in [0.29, 0.717) is 11.8 Å². The lowest BCUT2D eigenvalue weighted by Crippen LogP contribution is -2.24. The van der Waals surface area contributed by atoms with Gasteiger partial charge in [0.2, 0.25) is 0 Å². The van der Waals surface area contributed by atoms with Crippen molar-refractivity contribution < 1.29 is 0 Å². The van der Waals surface area contributed by atoms with Crippen molar-refractivity contribution in [2.45, 2.75) is 33.1 Å². The number of rotatable bonds is 6. The van der Waals surface area contributed by atoms with Gasteiger partial charge in [-0.05, 0) is 36.4 Å². The first-order chi connectivity index (χ1) is 7.69. The lowest BCUT2D eigenvalue weighted by molar-refractivity contribution is 0.340. The van der Waals surface area contributed by atoms with Crippen LogP contribution in [0.2, 0.25) is 5.02 Å². The molecule has 0 heterocycles. The summed E-state index contributed by atoms with van der Waals surface area (Å²) in [5, 5.41) is 0.865. The Morgan fingerprint density at radius 2 is 2.00 bits per heavy atom. The predicted octanol–water partition coefficient (Wildman–Crippen LogP) is 3.89. The molecular weight excluding hydrogens is 218 g/mol. The topological polar surface area (TPSA) is 26.0 Å². The highest BCUT2D eigenvalue weighted by atomic mass is 35.5. The van der Waals surface area contributed by atoms with Crippen LogP contribution < -0.4 is 5.73 Å². The largest absolute Gasteiger partial charge is 0.330 e. The smallest absolute Gasteiger partial charge is 0.0438 e. The van der Waals surface area contributed by atoms with Crippen LogP contribution in [0.5, 0.6) is 0 Å². The lowest BCUT2D eigenvalue weighted by Gasteiger charge is -2.22. The minimum Gasteiger partial charge on any atom is -0.330 e. The molecule has 2 unspecified atom stereocenters. The monoisotopic (exact) mass is 239 g/mol. The van der Waals surface area contributed by atoms with Crippen LogP contribution in [0.3, 0.4) is 0 Å². The highest BCUT2D eigenvalue weighted by Crippen LogP contribution is 2.24. The molecule has 0 saturated heterocycles. The summed E-state index contributed by atoms with van der Waals surface area (Å²) in [6, 6.07) is 8.07. The first kappa shape index (κ1) is 13.5. The molecule has 1 aromatic carbocycles. The van der Waals surface area contributed by atoms with Gasteiger partial charge in [-0.25, -0.2) is 0 Å². The molecule has 0 aliphatic rings. The maximum atomic E-state index is 6.17. The molecule has 0 bridgehead atoms. The van der Waals surface area contributed by atoms with Gasteiger partial charge in [-0.2, -0.15) is 0 Å². The van der Waals surface area contributed by atoms with E-state index in [1.54, 1.807) is 0 Å². The van der Waals surface area contributed by atoms with E-state index in [9.17, 15) is 0 Å². The van der Waals surface area contributed by atoms with Gasteiger partial charge in [-0.1, -0.05) is 56.5 Å². The Morgan fingerprint density at radius 3 is 2.56 bits per heavy atom. The van der Waals surface area contributed by atoms with E-state index in [1.165, 1.54) is 18.4 Å². The van der Waals surface area contributed by atoms with Crippen LogP contribution in [0.25, 0.3) is 0 Å². The summed E-state index contributed by atoms with van der Waals surface area (Å²) in [6.45, 7) is 5.25. The van der Waals surface area contributed by atoms with E-state index in [-0.39, 0.29) is 0 Å². The Hall–Kier alpha value is -0.530. The molecule has 2 N–H and O–H groups in total. The zero-order chi connectivity index (χ0) is 12.0. The Labute approximate surface area is 104 Å². The number of hydrogen-bond acceptors (Lipinski definition) is 1. The van der Waals surface area contributed by atoms with Crippen molar-refractivity contribution >= 4 is 11.6 Å². The number of hydrogen-bond donors (Lipinski definition) is 1. The molecule has 0 amide bonds. The number of benzene rings is 1. The second kappa shape index (κ2) is 6.93. The molecule has 0 spiro atoms. The molecule has 1 nitrogen and oxygen atoms in total. The molecule has 0 aliphatic carbocycles. The second-order valence-electron chi connectivity index (χ2n) is 4.56. The van der Waals surface area contributed by atoms with Gasteiger partial charge in [0.05, 0.1) is 0 Å². The molecule has 0 fully saturated rings. The molecule has 0 radical (unpaired) electrons. The summed E-state index contributed by atoms with van der Waals surface area (Å²) in [6.07, 6.45) is 3.46. The fraction of sp³-hybridized carbons (Fsp3) is 0.571. The Kier molecular flexibility index (Phi) is 5.86. The van der Waals surface area contributed by atoms with Crippen LogP contribution in [0, 0.1) is 11.8 Å². The number of nitrogens with two attached hydrogens (primary N) is 1. The molecule has 0 saturated carbocycles. The summed E-state index contributed by atoms with van der Waals surface area (Å²) in [5.74, 6) is 1.21. The number of halogens is 1. The van der Waals surface area contributed by atoms with Gasteiger partial charge in [0.1, 0.15) is 0 Å². The van der Waals surface area contributed by atoms with E-state index >= 15 is 0 Å². The SMILES string of the molecule is CCCC(C)C(CN)Cc1ccccc1Cl. The van der Waals surface area contributed by atoms with Crippen molar-refractivity contribution in [2.75, 3.05) is 6.54 Å². The average Bonchev–Trinajstić information content (AvgIpc) is 2.28. The summed E-state index contributed by atoms with van der Waals surface area (Å²) in [5.41, 5.74) is 7.08. The van der Waals surface area contributed by atoms with Gasteiger partial charge in [-0.3, -0.25) is 0 Å². The van der Waals surface area contributed by atoms with Crippen LogP contribution in [0.15, 0.2) is 24.3 Å². The molecule has 0 aromatic heterocycles. The predicted molar refractivity (Wildman–Crippen MR) is 71.8 cm³/mol. The third kappa shape index (κ3) is 3.80. The zero-order valence-electron chi connectivity index (χ0n) is 10.2. The van der Waals surface area contributed by atoms with Crippen molar-refractivity contribution in [1.29, 1.82) is 0 Å². The molecule has 0 aliphatic heterocycles. The normalized spacial score (nSPS) is 14.8. The molecule has 2 atom stereocenters. The quantitative estimate of drug-likeness (QED) is 0.801. The van der Waals surface area contributed by atoms with Gasteiger partial charge in [0.25, 0.3) is 0 Å². The highest BCUT2D eigenvalue weighted by Gasteiger charge is 2.16. The fourth-order valence-electron chi connectivity index (χ4n) is 2.15. The molecule has 90 valence electrons. The second-order valence-corrected chi connectivity index (χ2v) is 4.96. The zero-order valence-corrected chi connectivity index (χ0v) is 11.0. The summed E-state index contributed by atoms with van der Waals surface area (Å²) in [7, 11) is 0. The third-order valence-electron chi connectivity index (χ3n) is 3.29. The van der Waals surface area contributed by atoms with E-state index in [1.807, 2.05) is 18.2 Å². The fourth-order valence-corrected chi connectivity index (χ4v) is 2.37. The maximum Gasteiger partial charge on any atom is 0.0438 e. The van der Waals surface area contributed by atoms with Crippen LogP contribution in [0.4, 0.5) is 0 Å². The van der Waals surface area contributed by atoms with Crippen molar-refractivity contribution in [3.8, 4) is 0 Å². The van der Waals surface area contributed by atoms with E-state index < -0.39 is 0 Å². The van der Waals surface area contributed by atoms with E-state index in [0.717, 1.165) is 18.0 Å². The molecule has 1 aromatic rings. The van der Waals surface area contributed by atoms with Gasteiger partial charge in [0, 0.05) is 5.02 Å². The van der Waals surface area contributed by atoms with Gasteiger partial charge >= 0.3 is 0 Å². The van der Waals surface area contributed by atoms with Crippen molar-refractivity contribution in [1.82, 2.24) is 0 Å². The first-order valence-electron chi connectivity index (χ1n) is 6.12. The molecular formula is C14H22ClN. The van der Waals surface area contributed by atoms with Crippen LogP contribution in [0.1, 0.15) is 32.3 Å². The molecule has 16 heavy (non-hydrogen) atoms. The van der Waals surface area contributed by atoms with Gasteiger partial charge in [0.15, 0.2) is 0 Å². The Bertz CT molecular complexity index is 311. The molecule has 1 rings (SSSR count). The van der Waals surface area contributed by atoms with Crippen molar-refractivity contribution in [2.24, 2.45) is 17.6 Å². The lowest BCUT2D eigenvalue weighted by atomic mass is 9.85. The van der Waals surface area contributed by atoms with Crippen molar-refractivity contribution in [3.63, 3.8) is 0 Å². The average molecular weight is 240 g/mol. The van der Waals surface area contributed by atoms with Crippen molar-refractivity contribution in [3.05, 3.63) is 34.9 Å². The molecule has 2 heteroatoms. The van der Waals surface area contributed by atoms with Gasteiger partial charge < -0.3 is 5.73 Å². The minimum absolute atomic E-state index is 0.542. The summed E-state index contributed by atoms with van der Waals surface area (Å²) >= 11 is 6.17. The third-order valence-corrected chi connectivity index (χ3v) is 3.66. The van der Waals surface area contributed by atoms with Crippen LogP contribution >= 0.6 is 11.6 Å². The van der Waals surface area contributed by atoms with Gasteiger partial charge in [-0.15, -0.1) is 0 Å². The standard InChI is InChI=1S/C14H22ClN/c1-3-6-11(2)13(10-16)9-12-7-4-5-8-14(12)15/h4-5,7-8,11,13H,3,6,9-10,16H2,1-2H3. The highest BCUT2D eigenvalue weighted by molar-refractivity contribution is 6.31. The van der Waals surface area contributed by atoms with E-state index in [4.69, 9.17) is 17.3 Å².